The van der Waals surface area contributed by atoms with Gasteiger partial charge in [0.05, 0.1) is 12.2 Å². The van der Waals surface area contributed by atoms with Crippen LogP contribution in [-0.4, -0.2) is 23.3 Å². The van der Waals surface area contributed by atoms with Crippen molar-refractivity contribution in [2.24, 2.45) is 0 Å². The van der Waals surface area contributed by atoms with Crippen LogP contribution in [0.3, 0.4) is 0 Å². The van der Waals surface area contributed by atoms with E-state index in [1.165, 1.54) is 0 Å². The highest BCUT2D eigenvalue weighted by Gasteiger charge is 2.14. The lowest BCUT2D eigenvalue weighted by Crippen LogP contribution is -2.22. The van der Waals surface area contributed by atoms with Gasteiger partial charge in [-0.15, -0.1) is 0 Å². The molecule has 0 saturated heterocycles. The Balaban J connectivity index is 3.74. The van der Waals surface area contributed by atoms with Gasteiger partial charge < -0.3 is 9.84 Å². The lowest BCUT2D eigenvalue weighted by Gasteiger charge is -2.16. The van der Waals surface area contributed by atoms with E-state index in [2.05, 4.69) is 11.3 Å². The minimum atomic E-state index is -0.867. The molecule has 0 aliphatic carbocycles. The van der Waals surface area contributed by atoms with E-state index in [0.29, 0.717) is 6.42 Å². The van der Waals surface area contributed by atoms with Crippen LogP contribution in [0, 0.1) is 11.3 Å². The molecule has 0 saturated carbocycles. The summed E-state index contributed by atoms with van der Waals surface area (Å²) in [5.41, 5.74) is -1.09. The summed E-state index contributed by atoms with van der Waals surface area (Å²) in [6.45, 7) is 6.50. The molecule has 0 radical (unpaired) electrons. The Hall–Kier alpha value is -1.34. The normalized spacial score (nSPS) is 10.3. The molecule has 0 aromatic heterocycles. The second-order valence-corrected chi connectivity index (χ2v) is 3.29. The van der Waals surface area contributed by atoms with Gasteiger partial charge in [0.1, 0.15) is 11.6 Å². The van der Waals surface area contributed by atoms with Crippen LogP contribution in [-0.2, 0) is 9.53 Å². The number of carbonyl (C=O) groups excluding carboxylic acids is 1. The molecule has 0 amide bonds. The molecule has 4 nitrogen and oxygen atoms in total. The maximum Gasteiger partial charge on any atom is 0.348 e. The third-order valence-electron chi connectivity index (χ3n) is 1.33. The number of hydrogen-bond acceptors (Lipinski definition) is 4. The SMILES string of the molecule is C=C(C#N)C(=O)OCCC(C)(C)O. The zero-order valence-electron chi connectivity index (χ0n) is 7.83. The number of carbonyl (C=O) groups is 1. The van der Waals surface area contributed by atoms with Crippen LogP contribution in [0.2, 0.25) is 0 Å². The smallest absolute Gasteiger partial charge is 0.348 e. The summed E-state index contributed by atoms with van der Waals surface area (Å²) < 4.78 is 4.65. The molecule has 0 aromatic rings. The monoisotopic (exact) mass is 183 g/mol. The van der Waals surface area contributed by atoms with Crippen LogP contribution in [0.1, 0.15) is 20.3 Å². The van der Waals surface area contributed by atoms with Crippen LogP contribution >= 0.6 is 0 Å². The van der Waals surface area contributed by atoms with Crippen LogP contribution in [0.25, 0.3) is 0 Å². The number of nitrogens with zero attached hydrogens (tertiary/aromatic N) is 1. The van der Waals surface area contributed by atoms with Crippen molar-refractivity contribution < 1.29 is 14.6 Å². The largest absolute Gasteiger partial charge is 0.461 e. The maximum absolute atomic E-state index is 10.8. The summed E-state index contributed by atoms with van der Waals surface area (Å²) in [7, 11) is 0. The summed E-state index contributed by atoms with van der Waals surface area (Å²) in [4.78, 5) is 10.8. The Kier molecular flexibility index (Phi) is 4.15. The van der Waals surface area contributed by atoms with Crippen molar-refractivity contribution in [3.8, 4) is 6.07 Å². The van der Waals surface area contributed by atoms with E-state index >= 15 is 0 Å². The first kappa shape index (κ1) is 11.7. The lowest BCUT2D eigenvalue weighted by molar-refractivity contribution is -0.139. The van der Waals surface area contributed by atoms with Crippen molar-refractivity contribution in [3.05, 3.63) is 12.2 Å². The second kappa shape index (κ2) is 4.63. The highest BCUT2D eigenvalue weighted by Crippen LogP contribution is 2.07. The van der Waals surface area contributed by atoms with Gasteiger partial charge in [0, 0.05) is 6.42 Å². The highest BCUT2D eigenvalue weighted by molar-refractivity contribution is 5.91. The molecule has 0 aliphatic heterocycles. The summed E-state index contributed by atoms with van der Waals surface area (Å²) in [5.74, 6) is -0.730. The Bertz CT molecular complexity index is 245. The van der Waals surface area contributed by atoms with Crippen molar-refractivity contribution in [2.45, 2.75) is 25.9 Å². The second-order valence-electron chi connectivity index (χ2n) is 3.29. The quantitative estimate of drug-likeness (QED) is 0.397. The fraction of sp³-hybridized carbons (Fsp3) is 0.556. The summed E-state index contributed by atoms with van der Waals surface area (Å²) in [5, 5.41) is 17.5. The minimum Gasteiger partial charge on any atom is -0.461 e. The molecule has 1 N–H and O–H groups in total. The Morgan fingerprint density at radius 3 is 2.62 bits per heavy atom. The van der Waals surface area contributed by atoms with Crippen LogP contribution in [0.15, 0.2) is 12.2 Å². The molecular weight excluding hydrogens is 170 g/mol. The summed E-state index contributed by atoms with van der Waals surface area (Å²) >= 11 is 0. The lowest BCUT2D eigenvalue weighted by atomic mass is 10.1. The number of esters is 1. The maximum atomic E-state index is 10.8. The number of hydrogen-bond donors (Lipinski definition) is 1. The standard InChI is InChI=1S/C9H13NO3/c1-7(6-10)8(11)13-5-4-9(2,3)12/h12H,1,4-5H2,2-3H3. The first-order valence-corrected chi connectivity index (χ1v) is 3.85. The predicted octanol–water partition coefficient (Wildman–Crippen LogP) is 0.770. The number of nitriles is 1. The van der Waals surface area contributed by atoms with Gasteiger partial charge in [0.15, 0.2) is 0 Å². The van der Waals surface area contributed by atoms with Gasteiger partial charge in [-0.25, -0.2) is 4.79 Å². The van der Waals surface area contributed by atoms with E-state index in [9.17, 15) is 9.90 Å². The Morgan fingerprint density at radius 2 is 2.23 bits per heavy atom. The average molecular weight is 183 g/mol. The van der Waals surface area contributed by atoms with E-state index < -0.39 is 11.6 Å². The van der Waals surface area contributed by atoms with E-state index in [1.807, 2.05) is 0 Å². The molecule has 0 aliphatic rings. The van der Waals surface area contributed by atoms with Gasteiger partial charge in [0.2, 0.25) is 0 Å². The first-order valence-electron chi connectivity index (χ1n) is 3.85. The topological polar surface area (TPSA) is 70.3 Å². The van der Waals surface area contributed by atoms with Crippen molar-refractivity contribution in [1.29, 1.82) is 5.26 Å². The Morgan fingerprint density at radius 1 is 1.69 bits per heavy atom. The van der Waals surface area contributed by atoms with E-state index in [-0.39, 0.29) is 12.2 Å². The average Bonchev–Trinajstić information content (AvgIpc) is 2.00. The van der Waals surface area contributed by atoms with Gasteiger partial charge >= 0.3 is 5.97 Å². The van der Waals surface area contributed by atoms with E-state index in [4.69, 9.17) is 5.26 Å². The van der Waals surface area contributed by atoms with Crippen molar-refractivity contribution in [2.75, 3.05) is 6.61 Å². The molecule has 72 valence electrons. The summed E-state index contributed by atoms with van der Waals surface area (Å²) in [6.07, 6.45) is 0.331. The van der Waals surface area contributed by atoms with E-state index in [0.717, 1.165) is 0 Å². The molecule has 0 unspecified atom stereocenters. The summed E-state index contributed by atoms with van der Waals surface area (Å²) in [6, 6.07) is 1.58. The molecule has 0 atom stereocenters. The molecule has 0 heterocycles. The molecule has 0 spiro atoms. The van der Waals surface area contributed by atoms with Crippen LogP contribution in [0.5, 0.6) is 0 Å². The first-order chi connectivity index (χ1) is 5.87. The minimum absolute atomic E-state index is 0.0863. The Labute approximate surface area is 77.4 Å². The molecule has 0 fully saturated rings. The fourth-order valence-electron chi connectivity index (χ4n) is 0.526. The van der Waals surface area contributed by atoms with Crippen molar-refractivity contribution in [3.63, 3.8) is 0 Å². The molecule has 0 aromatic carbocycles. The predicted molar refractivity (Wildman–Crippen MR) is 46.6 cm³/mol. The molecule has 0 bridgehead atoms. The third-order valence-corrected chi connectivity index (χ3v) is 1.33. The molecule has 13 heavy (non-hydrogen) atoms. The number of ether oxygens (including phenoxy) is 1. The van der Waals surface area contributed by atoms with E-state index in [1.54, 1.807) is 19.9 Å². The molecular formula is C9H13NO3. The number of rotatable bonds is 4. The highest BCUT2D eigenvalue weighted by atomic mass is 16.5. The van der Waals surface area contributed by atoms with Crippen molar-refractivity contribution in [1.82, 2.24) is 0 Å². The van der Waals surface area contributed by atoms with Gasteiger partial charge in [-0.1, -0.05) is 6.58 Å². The fourth-order valence-corrected chi connectivity index (χ4v) is 0.526. The zero-order chi connectivity index (χ0) is 10.5. The van der Waals surface area contributed by atoms with Crippen molar-refractivity contribution >= 4 is 5.97 Å². The van der Waals surface area contributed by atoms with Crippen LogP contribution < -0.4 is 0 Å². The molecule has 4 heteroatoms. The van der Waals surface area contributed by atoms with Gasteiger partial charge in [0.25, 0.3) is 0 Å². The van der Waals surface area contributed by atoms with Crippen LogP contribution in [0.4, 0.5) is 0 Å². The zero-order valence-corrected chi connectivity index (χ0v) is 7.83. The molecule has 0 rings (SSSR count). The van der Waals surface area contributed by atoms with Gasteiger partial charge in [-0.3, -0.25) is 0 Å². The van der Waals surface area contributed by atoms with Gasteiger partial charge in [-0.2, -0.15) is 5.26 Å². The number of aliphatic hydroxyl groups is 1. The van der Waals surface area contributed by atoms with Gasteiger partial charge in [-0.05, 0) is 13.8 Å². The third kappa shape index (κ3) is 5.88.